The summed E-state index contributed by atoms with van der Waals surface area (Å²) in [7, 11) is 0.744. The predicted molar refractivity (Wildman–Crippen MR) is 45.3 cm³/mol. The number of hydrogen-bond acceptors (Lipinski definition) is 3. The molecule has 1 aromatic rings. The summed E-state index contributed by atoms with van der Waals surface area (Å²) in [5.74, 6) is -2.93. The monoisotopic (exact) mass is 277 g/mol. The molecular formula is C8H5F6NO3. The van der Waals surface area contributed by atoms with E-state index in [4.69, 9.17) is 0 Å². The number of hydrogen-bond donors (Lipinski definition) is 1. The summed E-state index contributed by atoms with van der Waals surface area (Å²) in [6, 6.07) is 0. The fourth-order valence-electron chi connectivity index (χ4n) is 1.11. The highest BCUT2D eigenvalue weighted by molar-refractivity contribution is 5.45. The first kappa shape index (κ1) is 14.2. The standard InChI is InChI=1S/C8H5F6NO3/c1-17-5-4(18-8(12,13)14)3(7(9,10)11)2-15-6(5)16/h2H,1H3,(H,15,16). The number of halogens is 6. The average molecular weight is 277 g/mol. The second kappa shape index (κ2) is 4.42. The molecule has 0 atom stereocenters. The van der Waals surface area contributed by atoms with Crippen molar-refractivity contribution in [3.05, 3.63) is 22.1 Å². The number of pyridine rings is 1. The Kier molecular flexibility index (Phi) is 3.49. The zero-order valence-corrected chi connectivity index (χ0v) is 8.57. The smallest absolute Gasteiger partial charge is 0.488 e. The quantitative estimate of drug-likeness (QED) is 0.844. The van der Waals surface area contributed by atoms with Gasteiger partial charge in [-0.25, -0.2) is 0 Å². The summed E-state index contributed by atoms with van der Waals surface area (Å²) in [6.07, 6.45) is -10.5. The maximum absolute atomic E-state index is 12.4. The summed E-state index contributed by atoms with van der Waals surface area (Å²) in [5.41, 5.74) is -3.07. The van der Waals surface area contributed by atoms with Crippen LogP contribution in [0.15, 0.2) is 11.0 Å². The van der Waals surface area contributed by atoms with Gasteiger partial charge >= 0.3 is 12.5 Å². The lowest BCUT2D eigenvalue weighted by Crippen LogP contribution is -2.24. The van der Waals surface area contributed by atoms with Crippen molar-refractivity contribution in [2.45, 2.75) is 12.5 Å². The third kappa shape index (κ3) is 3.08. The zero-order valence-electron chi connectivity index (χ0n) is 8.57. The maximum Gasteiger partial charge on any atom is 0.573 e. The molecule has 0 aliphatic carbocycles. The molecule has 0 saturated carbocycles. The fourth-order valence-corrected chi connectivity index (χ4v) is 1.11. The van der Waals surface area contributed by atoms with E-state index in [9.17, 15) is 31.1 Å². The van der Waals surface area contributed by atoms with E-state index in [2.05, 4.69) is 9.47 Å². The second-order valence-corrected chi connectivity index (χ2v) is 2.94. The van der Waals surface area contributed by atoms with Gasteiger partial charge in [-0.1, -0.05) is 0 Å². The molecule has 18 heavy (non-hydrogen) atoms. The van der Waals surface area contributed by atoms with Gasteiger partial charge in [-0.2, -0.15) is 13.2 Å². The second-order valence-electron chi connectivity index (χ2n) is 2.94. The highest BCUT2D eigenvalue weighted by atomic mass is 19.4. The van der Waals surface area contributed by atoms with Gasteiger partial charge in [0.2, 0.25) is 5.75 Å². The molecule has 10 heteroatoms. The Morgan fingerprint density at radius 1 is 1.11 bits per heavy atom. The molecule has 0 aliphatic rings. The van der Waals surface area contributed by atoms with Crippen molar-refractivity contribution in [1.29, 1.82) is 0 Å². The Morgan fingerprint density at radius 3 is 2.06 bits per heavy atom. The van der Waals surface area contributed by atoms with Crippen LogP contribution in [0, 0.1) is 0 Å². The van der Waals surface area contributed by atoms with Crippen molar-refractivity contribution in [3.8, 4) is 11.5 Å². The fraction of sp³-hybridized carbons (Fsp3) is 0.375. The molecule has 0 spiro atoms. The van der Waals surface area contributed by atoms with E-state index in [1.807, 2.05) is 0 Å². The van der Waals surface area contributed by atoms with Crippen molar-refractivity contribution in [3.63, 3.8) is 0 Å². The molecule has 1 N–H and O–H groups in total. The normalized spacial score (nSPS) is 12.4. The molecule has 0 aromatic carbocycles. The lowest BCUT2D eigenvalue weighted by molar-refractivity contribution is -0.276. The van der Waals surface area contributed by atoms with Crippen LogP contribution in [0.3, 0.4) is 0 Å². The summed E-state index contributed by atoms with van der Waals surface area (Å²) in [6.45, 7) is 0. The molecule has 1 rings (SSSR count). The largest absolute Gasteiger partial charge is 0.573 e. The van der Waals surface area contributed by atoms with E-state index in [-0.39, 0.29) is 6.20 Å². The zero-order chi connectivity index (χ0) is 14.1. The molecule has 0 fully saturated rings. The third-order valence-corrected chi connectivity index (χ3v) is 1.73. The van der Waals surface area contributed by atoms with E-state index in [0.717, 1.165) is 7.11 Å². The number of nitrogens with one attached hydrogen (secondary N) is 1. The lowest BCUT2D eigenvalue weighted by atomic mass is 10.2. The van der Waals surface area contributed by atoms with Crippen LogP contribution in [0.4, 0.5) is 26.3 Å². The molecule has 0 bridgehead atoms. The Hall–Kier alpha value is -1.87. The van der Waals surface area contributed by atoms with E-state index >= 15 is 0 Å². The number of aromatic amines is 1. The maximum atomic E-state index is 12.4. The first-order chi connectivity index (χ1) is 8.06. The van der Waals surface area contributed by atoms with Crippen LogP contribution in [0.5, 0.6) is 11.5 Å². The first-order valence-electron chi connectivity index (χ1n) is 4.19. The van der Waals surface area contributed by atoms with Crippen LogP contribution < -0.4 is 15.0 Å². The number of alkyl halides is 6. The van der Waals surface area contributed by atoms with Gasteiger partial charge in [0.25, 0.3) is 5.56 Å². The van der Waals surface area contributed by atoms with Crippen molar-refractivity contribution in [2.24, 2.45) is 0 Å². The number of aromatic nitrogens is 1. The van der Waals surface area contributed by atoms with Crippen molar-refractivity contribution >= 4 is 0 Å². The Bertz CT molecular complexity index is 489. The van der Waals surface area contributed by atoms with Crippen LogP contribution >= 0.6 is 0 Å². The number of methoxy groups -OCH3 is 1. The molecule has 0 aliphatic heterocycles. The van der Waals surface area contributed by atoms with Crippen LogP contribution in [-0.2, 0) is 6.18 Å². The molecule has 0 amide bonds. The van der Waals surface area contributed by atoms with Crippen molar-refractivity contribution in [2.75, 3.05) is 7.11 Å². The Morgan fingerprint density at radius 2 is 1.67 bits per heavy atom. The van der Waals surface area contributed by atoms with Gasteiger partial charge in [-0.05, 0) is 0 Å². The van der Waals surface area contributed by atoms with Gasteiger partial charge < -0.3 is 14.5 Å². The lowest BCUT2D eigenvalue weighted by Gasteiger charge is -2.16. The molecule has 102 valence electrons. The van der Waals surface area contributed by atoms with Crippen LogP contribution in [0.25, 0.3) is 0 Å². The van der Waals surface area contributed by atoms with Gasteiger partial charge in [0.15, 0.2) is 5.75 Å². The minimum Gasteiger partial charge on any atom is -0.488 e. The summed E-state index contributed by atoms with van der Waals surface area (Å²) < 4.78 is 80.7. The van der Waals surface area contributed by atoms with E-state index in [0.29, 0.717) is 0 Å². The first-order valence-corrected chi connectivity index (χ1v) is 4.19. The van der Waals surface area contributed by atoms with Gasteiger partial charge in [-0.3, -0.25) is 4.79 Å². The van der Waals surface area contributed by atoms with Gasteiger partial charge in [0.1, 0.15) is 5.56 Å². The summed E-state index contributed by atoms with van der Waals surface area (Å²) >= 11 is 0. The van der Waals surface area contributed by atoms with Crippen LogP contribution in [0.2, 0.25) is 0 Å². The highest BCUT2D eigenvalue weighted by Crippen LogP contribution is 2.41. The Balaban J connectivity index is 3.50. The third-order valence-electron chi connectivity index (χ3n) is 1.73. The van der Waals surface area contributed by atoms with Crippen molar-refractivity contribution in [1.82, 2.24) is 4.98 Å². The van der Waals surface area contributed by atoms with E-state index < -0.39 is 35.2 Å². The number of H-pyrrole nitrogens is 1. The molecule has 0 saturated heterocycles. The summed E-state index contributed by atoms with van der Waals surface area (Å²) in [4.78, 5) is 12.6. The van der Waals surface area contributed by atoms with Gasteiger partial charge in [-0.15, -0.1) is 13.2 Å². The molecule has 4 nitrogen and oxygen atoms in total. The minimum absolute atomic E-state index is 0.0753. The summed E-state index contributed by atoms with van der Waals surface area (Å²) in [5, 5.41) is 0. The molecule has 1 aromatic heterocycles. The van der Waals surface area contributed by atoms with Gasteiger partial charge in [0.05, 0.1) is 7.11 Å². The highest BCUT2D eigenvalue weighted by Gasteiger charge is 2.42. The average Bonchev–Trinajstić information content (AvgIpc) is 2.13. The van der Waals surface area contributed by atoms with E-state index in [1.54, 1.807) is 4.98 Å². The Labute approximate surface area is 95.1 Å². The van der Waals surface area contributed by atoms with Crippen LogP contribution in [0.1, 0.15) is 5.56 Å². The topological polar surface area (TPSA) is 51.3 Å². The van der Waals surface area contributed by atoms with Gasteiger partial charge in [0, 0.05) is 6.20 Å². The SMILES string of the molecule is COc1c(OC(F)(F)F)c(C(F)(F)F)c[nH]c1=O. The minimum atomic E-state index is -5.39. The predicted octanol–water partition coefficient (Wildman–Crippen LogP) is 2.30. The number of rotatable bonds is 2. The van der Waals surface area contributed by atoms with Crippen LogP contribution in [-0.4, -0.2) is 18.5 Å². The molecule has 0 radical (unpaired) electrons. The molecule has 1 heterocycles. The van der Waals surface area contributed by atoms with Crippen molar-refractivity contribution < 1.29 is 35.8 Å². The molecule has 0 unspecified atom stereocenters. The number of ether oxygens (including phenoxy) is 2. The van der Waals surface area contributed by atoms with E-state index in [1.165, 1.54) is 0 Å². The molecular weight excluding hydrogens is 272 g/mol.